The lowest BCUT2D eigenvalue weighted by molar-refractivity contribution is -0.123. The lowest BCUT2D eigenvalue weighted by Gasteiger charge is -2.08. The number of rotatable bonds is 11. The van der Waals surface area contributed by atoms with Crippen molar-refractivity contribution in [1.82, 2.24) is 10.7 Å². The van der Waals surface area contributed by atoms with Gasteiger partial charge < -0.3 is 10.1 Å². The summed E-state index contributed by atoms with van der Waals surface area (Å²) >= 11 is 4.96. The van der Waals surface area contributed by atoms with Gasteiger partial charge in [0.25, 0.3) is 5.91 Å². The largest absolute Gasteiger partial charge is 0.484 e. The Balaban J connectivity index is 1.32. The molecule has 8 heteroatoms. The number of thioether (sulfide) groups is 1. The third-order valence-electron chi connectivity index (χ3n) is 4.38. The third kappa shape index (κ3) is 9.51. The van der Waals surface area contributed by atoms with Crippen LogP contribution in [-0.2, 0) is 21.9 Å². The van der Waals surface area contributed by atoms with Crippen LogP contribution in [0.15, 0.2) is 88.4 Å². The molecule has 3 aromatic rings. The number of hydrogen-bond donors (Lipinski definition) is 2. The highest BCUT2D eigenvalue weighted by molar-refractivity contribution is 9.10. The Labute approximate surface area is 205 Å². The molecule has 3 rings (SSSR count). The fourth-order valence-corrected chi connectivity index (χ4v) is 3.96. The van der Waals surface area contributed by atoms with Crippen LogP contribution in [0.3, 0.4) is 0 Å². The number of nitrogens with zero attached hydrogens (tertiary/aromatic N) is 1. The molecule has 0 spiro atoms. The highest BCUT2D eigenvalue weighted by atomic mass is 79.9. The Morgan fingerprint density at radius 2 is 1.70 bits per heavy atom. The molecule has 0 aromatic heterocycles. The number of hydrazone groups is 1. The van der Waals surface area contributed by atoms with Crippen molar-refractivity contribution in [1.29, 1.82) is 0 Å². The van der Waals surface area contributed by atoms with Crippen molar-refractivity contribution in [2.45, 2.75) is 12.3 Å². The van der Waals surface area contributed by atoms with Crippen LogP contribution in [0.5, 0.6) is 5.75 Å². The zero-order chi connectivity index (χ0) is 23.3. The van der Waals surface area contributed by atoms with Gasteiger partial charge in [-0.2, -0.15) is 5.10 Å². The summed E-state index contributed by atoms with van der Waals surface area (Å²) in [6.45, 7) is 0.403. The maximum Gasteiger partial charge on any atom is 0.258 e. The van der Waals surface area contributed by atoms with Gasteiger partial charge >= 0.3 is 0 Å². The molecule has 2 N–H and O–H groups in total. The normalized spacial score (nSPS) is 10.7. The standard InChI is InChI=1S/C25H24BrN3O3S/c26-22-8-4-7-21(13-22)17-33-18-25(31)29-28-15-20-9-11-23(12-10-20)32-16-24(30)27-14-19-5-2-1-3-6-19/h1-13,15H,14,16-18H2,(H,27,30)(H,29,31)/b28-15-. The van der Waals surface area contributed by atoms with E-state index >= 15 is 0 Å². The van der Waals surface area contributed by atoms with E-state index in [0.29, 0.717) is 18.0 Å². The lowest BCUT2D eigenvalue weighted by atomic mass is 10.2. The fourth-order valence-electron chi connectivity index (χ4n) is 2.75. The predicted molar refractivity (Wildman–Crippen MR) is 136 cm³/mol. The molecule has 0 unspecified atom stereocenters. The minimum Gasteiger partial charge on any atom is -0.484 e. The van der Waals surface area contributed by atoms with Crippen molar-refractivity contribution >= 4 is 45.7 Å². The van der Waals surface area contributed by atoms with Gasteiger partial charge in [0.1, 0.15) is 5.75 Å². The van der Waals surface area contributed by atoms with Gasteiger partial charge in [-0.05, 0) is 53.1 Å². The summed E-state index contributed by atoms with van der Waals surface area (Å²) in [7, 11) is 0. The quantitative estimate of drug-likeness (QED) is 0.284. The van der Waals surface area contributed by atoms with Crippen molar-refractivity contribution in [3.05, 3.63) is 100 Å². The molecule has 0 fully saturated rings. The monoisotopic (exact) mass is 525 g/mol. The first-order valence-electron chi connectivity index (χ1n) is 10.3. The van der Waals surface area contributed by atoms with E-state index in [0.717, 1.165) is 26.9 Å². The van der Waals surface area contributed by atoms with E-state index in [-0.39, 0.29) is 18.4 Å². The molecule has 6 nitrogen and oxygen atoms in total. The molecule has 33 heavy (non-hydrogen) atoms. The van der Waals surface area contributed by atoms with Crippen LogP contribution >= 0.6 is 27.7 Å². The van der Waals surface area contributed by atoms with Gasteiger partial charge in [-0.15, -0.1) is 11.8 Å². The zero-order valence-corrected chi connectivity index (χ0v) is 20.3. The number of ether oxygens (including phenoxy) is 1. The van der Waals surface area contributed by atoms with E-state index in [2.05, 4.69) is 31.8 Å². The average molecular weight is 526 g/mol. The minimum absolute atomic E-state index is 0.0616. The predicted octanol–water partition coefficient (Wildman–Crippen LogP) is 4.53. The van der Waals surface area contributed by atoms with Crippen LogP contribution in [0.2, 0.25) is 0 Å². The molecule has 0 aliphatic carbocycles. The SMILES string of the molecule is O=C(COc1ccc(/C=N\NC(=O)CSCc2cccc(Br)c2)cc1)NCc1ccccc1. The van der Waals surface area contributed by atoms with E-state index in [9.17, 15) is 9.59 Å². The fraction of sp³-hybridized carbons (Fsp3) is 0.160. The van der Waals surface area contributed by atoms with E-state index in [1.54, 1.807) is 30.5 Å². The molecular weight excluding hydrogens is 502 g/mol. The number of carbonyl (C=O) groups excluding carboxylic acids is 2. The molecule has 0 aliphatic rings. The van der Waals surface area contributed by atoms with Gasteiger partial charge in [0, 0.05) is 16.8 Å². The van der Waals surface area contributed by atoms with Gasteiger partial charge in [-0.25, -0.2) is 5.43 Å². The first-order chi connectivity index (χ1) is 16.1. The first kappa shape index (κ1) is 24.5. The second kappa shape index (κ2) is 13.4. The molecule has 2 amide bonds. The van der Waals surface area contributed by atoms with E-state index in [1.807, 2.05) is 54.6 Å². The average Bonchev–Trinajstić information content (AvgIpc) is 2.83. The van der Waals surface area contributed by atoms with Crippen molar-refractivity contribution in [2.24, 2.45) is 5.10 Å². The zero-order valence-electron chi connectivity index (χ0n) is 17.9. The molecular formula is C25H24BrN3O3S. The summed E-state index contributed by atoms with van der Waals surface area (Å²) in [5.41, 5.74) is 5.52. The maximum absolute atomic E-state index is 11.9. The van der Waals surface area contributed by atoms with Gasteiger partial charge in [0.2, 0.25) is 5.91 Å². The Morgan fingerprint density at radius 1 is 0.939 bits per heavy atom. The number of amides is 2. The topological polar surface area (TPSA) is 79.8 Å². The molecule has 0 saturated heterocycles. The number of benzene rings is 3. The number of halogens is 1. The third-order valence-corrected chi connectivity index (χ3v) is 5.87. The molecule has 3 aromatic carbocycles. The molecule has 170 valence electrons. The number of nitrogens with one attached hydrogen (secondary N) is 2. The Hall–Kier alpha value is -3.10. The van der Waals surface area contributed by atoms with Crippen LogP contribution in [0.1, 0.15) is 16.7 Å². The minimum atomic E-state index is -0.190. The van der Waals surface area contributed by atoms with E-state index < -0.39 is 0 Å². The van der Waals surface area contributed by atoms with Crippen LogP contribution in [0.25, 0.3) is 0 Å². The van der Waals surface area contributed by atoms with Crippen molar-refractivity contribution in [2.75, 3.05) is 12.4 Å². The van der Waals surface area contributed by atoms with Crippen LogP contribution in [-0.4, -0.2) is 30.4 Å². The molecule has 0 radical (unpaired) electrons. The summed E-state index contributed by atoms with van der Waals surface area (Å²) < 4.78 is 6.54. The summed E-state index contributed by atoms with van der Waals surface area (Å²) in [5, 5.41) is 6.80. The molecule has 0 aliphatic heterocycles. The second-order valence-electron chi connectivity index (χ2n) is 7.04. The van der Waals surface area contributed by atoms with E-state index in [4.69, 9.17) is 4.74 Å². The lowest BCUT2D eigenvalue weighted by Crippen LogP contribution is -2.28. The Morgan fingerprint density at radius 3 is 2.45 bits per heavy atom. The summed E-state index contributed by atoms with van der Waals surface area (Å²) in [6, 6.07) is 24.8. The maximum atomic E-state index is 11.9. The van der Waals surface area contributed by atoms with Crippen LogP contribution < -0.4 is 15.5 Å². The van der Waals surface area contributed by atoms with Gasteiger partial charge in [0.15, 0.2) is 6.61 Å². The summed E-state index contributed by atoms with van der Waals surface area (Å²) in [6.07, 6.45) is 1.56. The van der Waals surface area contributed by atoms with Gasteiger partial charge in [-0.3, -0.25) is 9.59 Å². The van der Waals surface area contributed by atoms with E-state index in [1.165, 1.54) is 11.8 Å². The van der Waals surface area contributed by atoms with Crippen molar-refractivity contribution < 1.29 is 14.3 Å². The molecule has 0 bridgehead atoms. The second-order valence-corrected chi connectivity index (χ2v) is 8.94. The summed E-state index contributed by atoms with van der Waals surface area (Å²) in [5.74, 6) is 1.30. The smallest absolute Gasteiger partial charge is 0.258 e. The number of hydrogen-bond acceptors (Lipinski definition) is 5. The van der Waals surface area contributed by atoms with Gasteiger partial charge in [0.05, 0.1) is 12.0 Å². The molecule has 0 atom stereocenters. The highest BCUT2D eigenvalue weighted by Crippen LogP contribution is 2.17. The Bertz CT molecular complexity index is 1080. The van der Waals surface area contributed by atoms with Gasteiger partial charge in [-0.1, -0.05) is 58.4 Å². The van der Waals surface area contributed by atoms with Crippen LogP contribution in [0.4, 0.5) is 0 Å². The number of carbonyl (C=O) groups is 2. The Kier molecular flexibility index (Phi) is 10.0. The van der Waals surface area contributed by atoms with Crippen LogP contribution in [0, 0.1) is 0 Å². The highest BCUT2D eigenvalue weighted by Gasteiger charge is 2.04. The van der Waals surface area contributed by atoms with Crippen molar-refractivity contribution in [3.63, 3.8) is 0 Å². The summed E-state index contributed by atoms with van der Waals surface area (Å²) in [4.78, 5) is 23.9. The van der Waals surface area contributed by atoms with Crippen molar-refractivity contribution in [3.8, 4) is 5.75 Å². The molecule has 0 heterocycles. The first-order valence-corrected chi connectivity index (χ1v) is 12.2. The molecule has 0 saturated carbocycles.